The summed E-state index contributed by atoms with van der Waals surface area (Å²) in [5.41, 5.74) is 1.78. The van der Waals surface area contributed by atoms with E-state index in [4.69, 9.17) is 14.2 Å². The number of aromatic nitrogens is 3. The summed E-state index contributed by atoms with van der Waals surface area (Å²) in [6.45, 7) is 7.23. The minimum Gasteiger partial charge on any atom is -0.488 e. The van der Waals surface area contributed by atoms with Crippen LogP contribution in [-0.2, 0) is 26.4 Å². The van der Waals surface area contributed by atoms with Gasteiger partial charge in [-0.15, -0.1) is 0 Å². The Balaban J connectivity index is 0.00000432. The van der Waals surface area contributed by atoms with Gasteiger partial charge in [0.2, 0.25) is 0 Å². The lowest BCUT2D eigenvalue weighted by molar-refractivity contribution is -0.126. The maximum Gasteiger partial charge on any atom is 0.331 e. The van der Waals surface area contributed by atoms with E-state index in [1.807, 2.05) is 62.4 Å². The van der Waals surface area contributed by atoms with Gasteiger partial charge in [0.25, 0.3) is 5.91 Å². The molecule has 4 aromatic rings. The lowest BCUT2D eigenvalue weighted by Gasteiger charge is -2.37. The highest BCUT2D eigenvalue weighted by molar-refractivity contribution is 6.12. The molecule has 3 aromatic carbocycles. The van der Waals surface area contributed by atoms with Gasteiger partial charge >= 0.3 is 6.03 Å². The standard InChI is InChI=1S/C35H37F2N7O5.H2O/c1-24(2)44-32(45)18-43(34(44)46)28-6-4-26(5-7-28)40-13-15-41(16-14-40)27-8-10-29(11-9-27)47-19-33-48-21-35(49-33,20-42-23-38-22-39-42)30-12-3-25(36)17-31(30)37;/h3-12,17,22-24,33H,13-16,18-21H2,1-2H3;1H2/t33-,35+;/m0./s1. The van der Waals surface area contributed by atoms with Crippen LogP contribution in [0, 0.1) is 11.6 Å². The first-order valence-corrected chi connectivity index (χ1v) is 16.2. The number of carbonyl (C=O) groups is 2. The molecule has 15 heteroatoms. The number of piperazine rings is 1. The Morgan fingerprint density at radius 3 is 2.14 bits per heavy atom. The number of rotatable bonds is 10. The molecule has 1 aromatic heterocycles. The lowest BCUT2D eigenvalue weighted by Crippen LogP contribution is -2.46. The van der Waals surface area contributed by atoms with Crippen molar-refractivity contribution >= 4 is 29.0 Å². The van der Waals surface area contributed by atoms with Crippen LogP contribution < -0.4 is 19.4 Å². The van der Waals surface area contributed by atoms with Crippen molar-refractivity contribution in [1.82, 2.24) is 19.7 Å². The number of amides is 3. The van der Waals surface area contributed by atoms with E-state index in [9.17, 15) is 18.4 Å². The van der Waals surface area contributed by atoms with Gasteiger partial charge < -0.3 is 29.5 Å². The fourth-order valence-corrected chi connectivity index (χ4v) is 6.58. The molecular weight excluding hydrogens is 652 g/mol. The van der Waals surface area contributed by atoms with E-state index in [1.54, 1.807) is 0 Å². The van der Waals surface area contributed by atoms with Gasteiger partial charge in [-0.2, -0.15) is 5.10 Å². The van der Waals surface area contributed by atoms with Gasteiger partial charge in [0.1, 0.15) is 48.8 Å². The number of anilines is 3. The van der Waals surface area contributed by atoms with Crippen LogP contribution in [0.25, 0.3) is 0 Å². The van der Waals surface area contributed by atoms with Gasteiger partial charge in [-0.3, -0.25) is 14.6 Å². The van der Waals surface area contributed by atoms with Crippen LogP contribution in [0.3, 0.4) is 0 Å². The normalized spacial score (nSPS) is 20.9. The van der Waals surface area contributed by atoms with Gasteiger partial charge in [-0.25, -0.2) is 23.2 Å². The smallest absolute Gasteiger partial charge is 0.331 e. The molecule has 0 aliphatic carbocycles. The zero-order chi connectivity index (χ0) is 34.1. The fourth-order valence-electron chi connectivity index (χ4n) is 6.58. The molecule has 0 bridgehead atoms. The highest BCUT2D eigenvalue weighted by atomic mass is 19.1. The van der Waals surface area contributed by atoms with Crippen molar-refractivity contribution in [2.45, 2.75) is 38.3 Å². The molecule has 3 saturated heterocycles. The largest absolute Gasteiger partial charge is 0.488 e. The molecule has 264 valence electrons. The first-order chi connectivity index (χ1) is 23.7. The predicted molar refractivity (Wildman–Crippen MR) is 180 cm³/mol. The molecule has 3 aliphatic heterocycles. The number of imide groups is 1. The number of ether oxygens (including phenoxy) is 3. The summed E-state index contributed by atoms with van der Waals surface area (Å²) in [5.74, 6) is -0.958. The van der Waals surface area contributed by atoms with Crippen molar-refractivity contribution in [1.29, 1.82) is 0 Å². The van der Waals surface area contributed by atoms with Crippen molar-refractivity contribution in [2.24, 2.45) is 0 Å². The molecule has 0 radical (unpaired) electrons. The molecule has 0 saturated carbocycles. The van der Waals surface area contributed by atoms with Crippen molar-refractivity contribution < 1.29 is 38.1 Å². The maximum absolute atomic E-state index is 14.9. The molecule has 13 nitrogen and oxygen atoms in total. The number of benzene rings is 3. The second-order valence-corrected chi connectivity index (χ2v) is 12.6. The third kappa shape index (κ3) is 6.97. The zero-order valence-corrected chi connectivity index (χ0v) is 27.7. The Morgan fingerprint density at radius 1 is 0.920 bits per heavy atom. The Labute approximate surface area is 287 Å². The summed E-state index contributed by atoms with van der Waals surface area (Å²) in [5, 5.41) is 4.12. The van der Waals surface area contributed by atoms with Crippen LogP contribution in [0.15, 0.2) is 79.4 Å². The summed E-state index contributed by atoms with van der Waals surface area (Å²) in [6, 6.07) is 18.5. The molecule has 3 fully saturated rings. The second kappa shape index (κ2) is 14.4. The van der Waals surface area contributed by atoms with Crippen molar-refractivity contribution in [3.8, 4) is 5.75 Å². The Morgan fingerprint density at radius 2 is 1.56 bits per heavy atom. The summed E-state index contributed by atoms with van der Waals surface area (Å²) in [7, 11) is 0. The van der Waals surface area contributed by atoms with E-state index in [0.717, 1.165) is 43.6 Å². The van der Waals surface area contributed by atoms with Crippen LogP contribution in [0.5, 0.6) is 5.75 Å². The van der Waals surface area contributed by atoms with E-state index in [-0.39, 0.29) is 55.3 Å². The van der Waals surface area contributed by atoms with E-state index in [2.05, 4.69) is 19.9 Å². The van der Waals surface area contributed by atoms with Crippen molar-refractivity contribution in [3.63, 3.8) is 0 Å². The molecule has 3 aliphatic rings. The van der Waals surface area contributed by atoms with E-state index < -0.39 is 23.5 Å². The topological polar surface area (TPSA) is 137 Å². The average Bonchev–Trinajstić information content (AvgIpc) is 3.84. The molecular formula is C35H39F2N7O6. The number of carbonyl (C=O) groups excluding carboxylic acids is 2. The van der Waals surface area contributed by atoms with E-state index in [1.165, 1.54) is 39.3 Å². The first kappa shape index (κ1) is 34.7. The highest BCUT2D eigenvalue weighted by Crippen LogP contribution is 2.37. The number of halogens is 2. The monoisotopic (exact) mass is 691 g/mol. The van der Waals surface area contributed by atoms with E-state index in [0.29, 0.717) is 11.4 Å². The van der Waals surface area contributed by atoms with Crippen LogP contribution in [0.1, 0.15) is 19.4 Å². The zero-order valence-electron chi connectivity index (χ0n) is 27.7. The number of hydrogen-bond acceptors (Lipinski definition) is 9. The van der Waals surface area contributed by atoms with Gasteiger partial charge in [0.05, 0.1) is 13.2 Å². The van der Waals surface area contributed by atoms with Crippen molar-refractivity contribution in [2.75, 3.05) is 60.6 Å². The number of urea groups is 1. The maximum atomic E-state index is 14.9. The minimum atomic E-state index is -1.24. The molecule has 4 heterocycles. The summed E-state index contributed by atoms with van der Waals surface area (Å²) >= 11 is 0. The minimum absolute atomic E-state index is 0. The quantitative estimate of drug-likeness (QED) is 0.229. The van der Waals surface area contributed by atoms with Gasteiger partial charge in [-0.1, -0.05) is 6.07 Å². The third-order valence-corrected chi connectivity index (χ3v) is 9.08. The summed E-state index contributed by atoms with van der Waals surface area (Å²) in [4.78, 5) is 36.4. The SMILES string of the molecule is CC(C)N1C(=O)CN(c2ccc(N3CCN(c4ccc(OC[C@H]5OC[C@](Cn6cncn6)(c6ccc(F)cc6F)O5)cc4)CC3)cc2)C1=O.O. The predicted octanol–water partition coefficient (Wildman–Crippen LogP) is 3.58. The van der Waals surface area contributed by atoms with Gasteiger partial charge in [-0.05, 0) is 68.4 Å². The Hall–Kier alpha value is -5.12. The third-order valence-electron chi connectivity index (χ3n) is 9.08. The van der Waals surface area contributed by atoms with E-state index >= 15 is 0 Å². The Bertz CT molecular complexity index is 1790. The number of hydrogen-bond donors (Lipinski definition) is 0. The van der Waals surface area contributed by atoms with Crippen LogP contribution in [-0.4, -0.2) is 95.3 Å². The second-order valence-electron chi connectivity index (χ2n) is 12.6. The average molecular weight is 692 g/mol. The molecule has 0 spiro atoms. The summed E-state index contributed by atoms with van der Waals surface area (Å²) in [6.07, 6.45) is 2.08. The molecule has 2 N–H and O–H groups in total. The highest BCUT2D eigenvalue weighted by Gasteiger charge is 2.46. The van der Waals surface area contributed by atoms with Crippen LogP contribution >= 0.6 is 0 Å². The molecule has 0 unspecified atom stereocenters. The fraction of sp³-hybridized carbons (Fsp3) is 0.371. The summed E-state index contributed by atoms with van der Waals surface area (Å²) < 4.78 is 48.2. The first-order valence-electron chi connectivity index (χ1n) is 16.2. The van der Waals surface area contributed by atoms with Crippen LogP contribution in [0.4, 0.5) is 30.6 Å². The number of nitrogens with zero attached hydrogens (tertiary/aromatic N) is 7. The van der Waals surface area contributed by atoms with Gasteiger partial charge in [0, 0.05) is 60.9 Å². The van der Waals surface area contributed by atoms with Crippen molar-refractivity contribution in [3.05, 3.63) is 96.6 Å². The molecule has 7 rings (SSSR count). The molecule has 3 amide bonds. The van der Waals surface area contributed by atoms with Crippen LogP contribution in [0.2, 0.25) is 0 Å². The molecule has 2 atom stereocenters. The molecule has 50 heavy (non-hydrogen) atoms. The lowest BCUT2D eigenvalue weighted by atomic mass is 9.94. The van der Waals surface area contributed by atoms with Gasteiger partial charge in [0.15, 0.2) is 6.29 Å². The Kier molecular flexibility index (Phi) is 10.00.